The van der Waals surface area contributed by atoms with Crippen LogP contribution in [0.1, 0.15) is 39.2 Å². The Balaban J connectivity index is 0.000000382. The first-order valence-corrected chi connectivity index (χ1v) is 7.01. The maximum Gasteiger partial charge on any atom is 0.356 e. The minimum atomic E-state index is -0.367. The predicted molar refractivity (Wildman–Crippen MR) is 87.0 cm³/mol. The van der Waals surface area contributed by atoms with Gasteiger partial charge in [-0.3, -0.25) is 4.99 Å². The van der Waals surface area contributed by atoms with E-state index in [-0.39, 0.29) is 5.97 Å². The van der Waals surface area contributed by atoms with Crippen LogP contribution in [0.15, 0.2) is 41.4 Å². The number of carbonyl (C=O) groups excluding carboxylic acids is 1. The Bertz CT molecular complexity index is 491. The molecule has 0 spiro atoms. The molecular weight excluding hydrogens is 266 g/mol. The number of phenols is 1. The molecule has 0 fully saturated rings. The summed E-state index contributed by atoms with van der Waals surface area (Å²) in [5.41, 5.74) is 1.54. The number of hydrogen-bond donors (Lipinski definition) is 1. The highest BCUT2D eigenvalue weighted by atomic mass is 16.5. The fraction of sp³-hybridized carbons (Fsp3) is 0.412. The summed E-state index contributed by atoms with van der Waals surface area (Å²) in [6, 6.07) is 7.37. The molecule has 4 nitrogen and oxygen atoms in total. The number of allylic oxidation sites excluding steroid dienone is 1. The molecular formula is C17H25NO3. The van der Waals surface area contributed by atoms with E-state index < -0.39 is 0 Å². The van der Waals surface area contributed by atoms with Crippen molar-refractivity contribution in [2.45, 2.75) is 33.6 Å². The Labute approximate surface area is 127 Å². The lowest BCUT2D eigenvalue weighted by Crippen LogP contribution is -2.14. The summed E-state index contributed by atoms with van der Waals surface area (Å²) in [5.74, 6) is 0.478. The maximum absolute atomic E-state index is 11.0. The first kappa shape index (κ1) is 18.9. The van der Waals surface area contributed by atoms with Crippen LogP contribution < -0.4 is 0 Å². The van der Waals surface area contributed by atoms with Crippen molar-refractivity contribution in [1.29, 1.82) is 0 Å². The van der Waals surface area contributed by atoms with E-state index in [4.69, 9.17) is 9.84 Å². The zero-order valence-electron chi connectivity index (χ0n) is 13.5. The van der Waals surface area contributed by atoms with Crippen LogP contribution in [0.3, 0.4) is 0 Å². The zero-order valence-corrected chi connectivity index (χ0v) is 13.5. The van der Waals surface area contributed by atoms with Crippen LogP contribution >= 0.6 is 0 Å². The van der Waals surface area contributed by atoms with Gasteiger partial charge in [-0.25, -0.2) is 4.79 Å². The van der Waals surface area contributed by atoms with Gasteiger partial charge in [0, 0.05) is 7.05 Å². The van der Waals surface area contributed by atoms with E-state index in [0.29, 0.717) is 24.0 Å². The van der Waals surface area contributed by atoms with E-state index in [0.717, 1.165) is 0 Å². The van der Waals surface area contributed by atoms with Gasteiger partial charge in [0.1, 0.15) is 11.5 Å². The third-order valence-corrected chi connectivity index (χ3v) is 2.59. The first-order chi connectivity index (χ1) is 9.96. The highest BCUT2D eigenvalue weighted by Gasteiger charge is 2.06. The Morgan fingerprint density at radius 1 is 1.43 bits per heavy atom. The van der Waals surface area contributed by atoms with Gasteiger partial charge in [-0.05, 0) is 43.5 Å². The second-order valence-electron chi connectivity index (χ2n) is 4.58. The van der Waals surface area contributed by atoms with E-state index >= 15 is 0 Å². The Morgan fingerprint density at radius 3 is 2.48 bits per heavy atom. The molecule has 0 amide bonds. The molecule has 0 bridgehead atoms. The van der Waals surface area contributed by atoms with E-state index in [9.17, 15) is 4.79 Å². The van der Waals surface area contributed by atoms with E-state index in [1.165, 1.54) is 5.56 Å². The molecule has 1 aromatic rings. The van der Waals surface area contributed by atoms with Crippen molar-refractivity contribution in [3.05, 3.63) is 42.0 Å². The molecule has 0 aliphatic heterocycles. The Hall–Kier alpha value is -2.10. The molecule has 116 valence electrons. The number of rotatable bonds is 4. The van der Waals surface area contributed by atoms with Crippen LogP contribution in [0, 0.1) is 0 Å². The lowest BCUT2D eigenvalue weighted by atomic mass is 10.0. The summed E-state index contributed by atoms with van der Waals surface area (Å²) in [5, 5.41) is 9.06. The number of aromatic hydroxyl groups is 1. The molecule has 0 atom stereocenters. The number of phenolic OH excluding ortho intramolecular Hbond substituents is 1. The van der Waals surface area contributed by atoms with Crippen LogP contribution in [0.5, 0.6) is 5.75 Å². The summed E-state index contributed by atoms with van der Waals surface area (Å²) in [6.07, 6.45) is 3.37. The summed E-state index contributed by atoms with van der Waals surface area (Å²) in [7, 11) is 1.56. The number of benzene rings is 1. The fourth-order valence-corrected chi connectivity index (χ4v) is 1.48. The Kier molecular flexibility index (Phi) is 9.59. The molecule has 0 unspecified atom stereocenters. The van der Waals surface area contributed by atoms with Crippen LogP contribution in [-0.4, -0.2) is 30.4 Å². The van der Waals surface area contributed by atoms with Gasteiger partial charge in [-0.2, -0.15) is 0 Å². The zero-order chi connectivity index (χ0) is 16.3. The molecule has 4 heteroatoms. The van der Waals surface area contributed by atoms with Gasteiger partial charge in [-0.1, -0.05) is 32.1 Å². The molecule has 0 heterocycles. The Morgan fingerprint density at radius 2 is 2.10 bits per heavy atom. The number of carbonyl (C=O) groups is 1. The van der Waals surface area contributed by atoms with Crippen LogP contribution in [0.25, 0.3) is 0 Å². The largest absolute Gasteiger partial charge is 0.508 e. The van der Waals surface area contributed by atoms with Gasteiger partial charge in [0.15, 0.2) is 0 Å². The molecule has 0 saturated heterocycles. The van der Waals surface area contributed by atoms with E-state index in [1.807, 2.05) is 19.1 Å². The van der Waals surface area contributed by atoms with E-state index in [1.54, 1.807) is 38.3 Å². The van der Waals surface area contributed by atoms with Crippen molar-refractivity contribution in [2.24, 2.45) is 4.99 Å². The molecule has 0 aliphatic rings. The molecule has 0 radical (unpaired) electrons. The van der Waals surface area contributed by atoms with Gasteiger partial charge in [0.25, 0.3) is 0 Å². The molecule has 1 rings (SSSR count). The SMILES string of the molecule is C/C=C\C(=NC)C(=O)OCC.CC(C)c1cccc(O)c1. The fourth-order valence-electron chi connectivity index (χ4n) is 1.48. The van der Waals surface area contributed by atoms with Gasteiger partial charge in [-0.15, -0.1) is 0 Å². The normalized spacial score (nSPS) is 11.2. The van der Waals surface area contributed by atoms with Gasteiger partial charge in [0.05, 0.1) is 6.61 Å². The molecule has 0 saturated carbocycles. The number of esters is 1. The number of aliphatic imine (C=N–C) groups is 1. The van der Waals surface area contributed by atoms with Gasteiger partial charge < -0.3 is 9.84 Å². The number of ether oxygens (including phenoxy) is 1. The maximum atomic E-state index is 11.0. The van der Waals surface area contributed by atoms with Crippen molar-refractivity contribution >= 4 is 11.7 Å². The van der Waals surface area contributed by atoms with Gasteiger partial charge in [0.2, 0.25) is 0 Å². The van der Waals surface area contributed by atoms with Crippen molar-refractivity contribution in [3.63, 3.8) is 0 Å². The van der Waals surface area contributed by atoms with E-state index in [2.05, 4.69) is 18.8 Å². The van der Waals surface area contributed by atoms with Gasteiger partial charge >= 0.3 is 5.97 Å². The second kappa shape index (κ2) is 10.7. The summed E-state index contributed by atoms with van der Waals surface area (Å²) in [4.78, 5) is 14.7. The van der Waals surface area contributed by atoms with Crippen LogP contribution in [-0.2, 0) is 9.53 Å². The molecule has 21 heavy (non-hydrogen) atoms. The minimum absolute atomic E-state index is 0.353. The summed E-state index contributed by atoms with van der Waals surface area (Å²) in [6.45, 7) is 8.18. The van der Waals surface area contributed by atoms with Crippen molar-refractivity contribution in [2.75, 3.05) is 13.7 Å². The lowest BCUT2D eigenvalue weighted by molar-refractivity contribution is -0.134. The number of nitrogens with zero attached hydrogens (tertiary/aromatic N) is 1. The minimum Gasteiger partial charge on any atom is -0.508 e. The molecule has 1 aromatic carbocycles. The quantitative estimate of drug-likeness (QED) is 0.679. The third kappa shape index (κ3) is 7.92. The number of hydrogen-bond acceptors (Lipinski definition) is 4. The molecule has 0 aliphatic carbocycles. The monoisotopic (exact) mass is 291 g/mol. The second-order valence-corrected chi connectivity index (χ2v) is 4.58. The lowest BCUT2D eigenvalue weighted by Gasteiger charge is -2.03. The van der Waals surface area contributed by atoms with Crippen LogP contribution in [0.2, 0.25) is 0 Å². The van der Waals surface area contributed by atoms with Crippen molar-refractivity contribution in [1.82, 2.24) is 0 Å². The highest BCUT2D eigenvalue weighted by Crippen LogP contribution is 2.18. The topological polar surface area (TPSA) is 58.9 Å². The summed E-state index contributed by atoms with van der Waals surface area (Å²) >= 11 is 0. The third-order valence-electron chi connectivity index (χ3n) is 2.59. The molecule has 0 aromatic heterocycles. The average molecular weight is 291 g/mol. The molecule has 1 N–H and O–H groups in total. The van der Waals surface area contributed by atoms with Crippen LogP contribution in [0.4, 0.5) is 0 Å². The van der Waals surface area contributed by atoms with Crippen molar-refractivity contribution < 1.29 is 14.6 Å². The standard InChI is InChI=1S/C9H12O.C8H13NO2/c1-7(2)8-4-3-5-9(10)6-8;1-4-6-7(9-3)8(10)11-5-2/h3-7,10H,1-2H3;4,6H,5H2,1-3H3/b;6-4-,9-7?. The van der Waals surface area contributed by atoms with Crippen molar-refractivity contribution in [3.8, 4) is 5.75 Å². The predicted octanol–water partition coefficient (Wildman–Crippen LogP) is 3.71. The smallest absolute Gasteiger partial charge is 0.356 e. The highest BCUT2D eigenvalue weighted by molar-refractivity contribution is 6.41. The first-order valence-electron chi connectivity index (χ1n) is 7.01. The summed E-state index contributed by atoms with van der Waals surface area (Å²) < 4.78 is 4.73. The average Bonchev–Trinajstić information content (AvgIpc) is 2.45.